The van der Waals surface area contributed by atoms with Crippen LogP contribution in [0.4, 0.5) is 4.39 Å². The first kappa shape index (κ1) is 25.0. The molecular weight excluding hydrogens is 389 g/mol. The van der Waals surface area contributed by atoms with Gasteiger partial charge in [0, 0.05) is 25.2 Å². The third-order valence-electron chi connectivity index (χ3n) is 5.27. The Morgan fingerprint density at radius 3 is 2.50 bits per heavy atom. The number of nitrogens with zero attached hydrogens (tertiary/aromatic N) is 1. The highest BCUT2D eigenvalue weighted by Crippen LogP contribution is 2.40. The zero-order valence-corrected chi connectivity index (χ0v) is 18.9. The number of halogens is 1. The Hall–Kier alpha value is -1.28. The lowest BCUT2D eigenvalue weighted by atomic mass is 10.0. The zero-order chi connectivity index (χ0) is 22.0. The molecule has 1 aromatic rings. The van der Waals surface area contributed by atoms with Crippen LogP contribution in [0.3, 0.4) is 0 Å². The van der Waals surface area contributed by atoms with Gasteiger partial charge < -0.3 is 24.1 Å². The molecule has 30 heavy (non-hydrogen) atoms. The van der Waals surface area contributed by atoms with Crippen LogP contribution in [-0.4, -0.2) is 48.7 Å². The predicted octanol–water partition coefficient (Wildman–Crippen LogP) is 4.64. The van der Waals surface area contributed by atoms with Crippen molar-refractivity contribution in [3.05, 3.63) is 23.1 Å². The molecule has 0 spiro atoms. The van der Waals surface area contributed by atoms with Gasteiger partial charge in [0.05, 0.1) is 24.9 Å². The van der Waals surface area contributed by atoms with Gasteiger partial charge in [-0.05, 0) is 32.3 Å². The van der Waals surface area contributed by atoms with Crippen molar-refractivity contribution >= 4 is 0 Å². The Kier molecular flexibility index (Phi) is 10.4. The molecule has 0 radical (unpaired) electrons. The molecule has 1 N–H and O–H groups in total. The monoisotopic (exact) mass is 427 g/mol. The van der Waals surface area contributed by atoms with Crippen molar-refractivity contribution in [2.24, 2.45) is 0 Å². The van der Waals surface area contributed by atoms with Crippen LogP contribution >= 0.6 is 0 Å². The first-order valence-corrected chi connectivity index (χ1v) is 11.3. The SMILES string of the molecule is CCCCOC[C@H]1OC(O)(c2cc(C)c(OCCCC)nc2F)C[C@H]1OCCCC. The molecule has 2 rings (SSSR count). The molecule has 0 saturated carbocycles. The van der Waals surface area contributed by atoms with Crippen molar-refractivity contribution in [1.29, 1.82) is 0 Å². The Labute approximate surface area is 180 Å². The van der Waals surface area contributed by atoms with Gasteiger partial charge in [-0.3, -0.25) is 0 Å². The number of aromatic nitrogens is 1. The fourth-order valence-electron chi connectivity index (χ4n) is 3.39. The summed E-state index contributed by atoms with van der Waals surface area (Å²) in [7, 11) is 0. The second kappa shape index (κ2) is 12.5. The molecule has 0 aromatic carbocycles. The number of aliphatic hydroxyl groups is 1. The summed E-state index contributed by atoms with van der Waals surface area (Å²) < 4.78 is 38.0. The molecule has 6 nitrogen and oxygen atoms in total. The van der Waals surface area contributed by atoms with Crippen molar-refractivity contribution in [2.75, 3.05) is 26.4 Å². The van der Waals surface area contributed by atoms with Gasteiger partial charge in [0.15, 0.2) is 5.79 Å². The molecule has 1 aromatic heterocycles. The van der Waals surface area contributed by atoms with E-state index in [2.05, 4.69) is 25.8 Å². The molecule has 1 aliphatic heterocycles. The first-order valence-electron chi connectivity index (χ1n) is 11.3. The Balaban J connectivity index is 2.14. The number of pyridine rings is 1. The highest BCUT2D eigenvalue weighted by atomic mass is 19.1. The summed E-state index contributed by atoms with van der Waals surface area (Å²) in [4.78, 5) is 3.95. The van der Waals surface area contributed by atoms with E-state index in [0.29, 0.717) is 32.0 Å². The maximum atomic E-state index is 14.8. The van der Waals surface area contributed by atoms with Gasteiger partial charge in [-0.15, -0.1) is 0 Å². The normalized spacial score (nSPS) is 23.8. The minimum absolute atomic E-state index is 0.0167. The van der Waals surface area contributed by atoms with Crippen LogP contribution in [0.1, 0.15) is 76.8 Å². The van der Waals surface area contributed by atoms with Gasteiger partial charge in [-0.25, -0.2) is 0 Å². The zero-order valence-electron chi connectivity index (χ0n) is 18.9. The van der Waals surface area contributed by atoms with Crippen LogP contribution in [0.25, 0.3) is 0 Å². The molecule has 1 saturated heterocycles. The highest BCUT2D eigenvalue weighted by Gasteiger charge is 2.49. The molecule has 1 unspecified atom stereocenters. The Bertz CT molecular complexity index is 644. The molecule has 0 amide bonds. The fourth-order valence-corrected chi connectivity index (χ4v) is 3.39. The minimum atomic E-state index is -1.81. The Morgan fingerprint density at radius 1 is 1.13 bits per heavy atom. The van der Waals surface area contributed by atoms with Crippen molar-refractivity contribution in [3.63, 3.8) is 0 Å². The molecule has 1 aliphatic rings. The maximum Gasteiger partial charge on any atom is 0.224 e. The van der Waals surface area contributed by atoms with E-state index in [9.17, 15) is 9.50 Å². The fraction of sp³-hybridized carbons (Fsp3) is 0.783. The van der Waals surface area contributed by atoms with Crippen LogP contribution in [-0.2, 0) is 20.0 Å². The van der Waals surface area contributed by atoms with Crippen molar-refractivity contribution < 1.29 is 28.4 Å². The average Bonchev–Trinajstić information content (AvgIpc) is 3.04. The van der Waals surface area contributed by atoms with Gasteiger partial charge in [-0.2, -0.15) is 9.37 Å². The topological polar surface area (TPSA) is 70.0 Å². The molecule has 7 heteroatoms. The number of hydrogen-bond donors (Lipinski definition) is 1. The predicted molar refractivity (Wildman–Crippen MR) is 113 cm³/mol. The number of ether oxygens (including phenoxy) is 4. The lowest BCUT2D eigenvalue weighted by Crippen LogP contribution is -2.30. The van der Waals surface area contributed by atoms with Crippen LogP contribution < -0.4 is 4.74 Å². The standard InChI is InChI=1S/C23H38FNO5/c1-5-8-11-27-16-20-19(28-12-9-6-2)15-23(26,30-20)18-14-17(4)22(25-21(18)24)29-13-10-7-3/h14,19-20,26H,5-13,15-16H2,1-4H3/t19-,20-,23?/m1/s1. The minimum Gasteiger partial charge on any atom is -0.477 e. The van der Waals surface area contributed by atoms with Crippen LogP contribution in [0.15, 0.2) is 6.07 Å². The summed E-state index contributed by atoms with van der Waals surface area (Å²) in [6.45, 7) is 9.99. The molecule has 172 valence electrons. The van der Waals surface area contributed by atoms with E-state index >= 15 is 0 Å². The van der Waals surface area contributed by atoms with E-state index < -0.39 is 17.8 Å². The van der Waals surface area contributed by atoms with Gasteiger partial charge >= 0.3 is 0 Å². The van der Waals surface area contributed by atoms with Gasteiger partial charge in [0.2, 0.25) is 11.8 Å². The lowest BCUT2D eigenvalue weighted by molar-refractivity contribution is -0.211. The second-order valence-corrected chi connectivity index (χ2v) is 7.99. The van der Waals surface area contributed by atoms with E-state index in [0.717, 1.165) is 38.5 Å². The van der Waals surface area contributed by atoms with E-state index in [1.165, 1.54) is 0 Å². The number of unbranched alkanes of at least 4 members (excludes halogenated alkanes) is 3. The molecule has 0 bridgehead atoms. The smallest absolute Gasteiger partial charge is 0.224 e. The van der Waals surface area contributed by atoms with Crippen molar-refractivity contribution in [1.82, 2.24) is 4.98 Å². The summed E-state index contributed by atoms with van der Waals surface area (Å²) in [6.07, 6.45) is 5.05. The van der Waals surface area contributed by atoms with Crippen LogP contribution in [0.2, 0.25) is 0 Å². The maximum absolute atomic E-state index is 14.8. The lowest BCUT2D eigenvalue weighted by Gasteiger charge is -2.24. The quantitative estimate of drug-likeness (QED) is 0.344. The summed E-state index contributed by atoms with van der Waals surface area (Å²) in [5.41, 5.74) is 0.675. The van der Waals surface area contributed by atoms with Gasteiger partial charge in [0.25, 0.3) is 0 Å². The largest absolute Gasteiger partial charge is 0.477 e. The van der Waals surface area contributed by atoms with Gasteiger partial charge in [-0.1, -0.05) is 40.0 Å². The summed E-state index contributed by atoms with van der Waals surface area (Å²) in [6, 6.07) is 1.56. The van der Waals surface area contributed by atoms with E-state index in [4.69, 9.17) is 18.9 Å². The average molecular weight is 428 g/mol. The number of aryl methyl sites for hydroxylation is 1. The van der Waals surface area contributed by atoms with Crippen molar-refractivity contribution in [2.45, 2.75) is 90.6 Å². The first-order chi connectivity index (χ1) is 14.4. The molecule has 2 heterocycles. The van der Waals surface area contributed by atoms with Crippen molar-refractivity contribution in [3.8, 4) is 5.88 Å². The number of rotatable bonds is 14. The molecule has 1 fully saturated rings. The third kappa shape index (κ3) is 6.87. The van der Waals surface area contributed by atoms with E-state index in [-0.39, 0.29) is 24.0 Å². The summed E-state index contributed by atoms with van der Waals surface area (Å²) in [5, 5.41) is 11.2. The highest BCUT2D eigenvalue weighted by molar-refractivity contribution is 5.32. The summed E-state index contributed by atoms with van der Waals surface area (Å²) in [5.74, 6) is -2.34. The molecule has 0 aliphatic carbocycles. The molecular formula is C23H38FNO5. The third-order valence-corrected chi connectivity index (χ3v) is 5.27. The van der Waals surface area contributed by atoms with Crippen LogP contribution in [0, 0.1) is 12.9 Å². The number of hydrogen-bond acceptors (Lipinski definition) is 6. The Morgan fingerprint density at radius 2 is 1.80 bits per heavy atom. The van der Waals surface area contributed by atoms with Crippen LogP contribution in [0.5, 0.6) is 5.88 Å². The van der Waals surface area contributed by atoms with Gasteiger partial charge in [0.1, 0.15) is 6.10 Å². The summed E-state index contributed by atoms with van der Waals surface area (Å²) >= 11 is 0. The van der Waals surface area contributed by atoms with E-state index in [1.807, 2.05) is 0 Å². The molecule has 3 atom stereocenters. The van der Waals surface area contributed by atoms with E-state index in [1.54, 1.807) is 13.0 Å². The second-order valence-electron chi connectivity index (χ2n) is 7.99.